The number of nitrogens with one attached hydrogen (secondary N) is 1. The second kappa shape index (κ2) is 6.31. The molecule has 8 heteroatoms. The molecule has 0 aliphatic heterocycles. The van der Waals surface area contributed by atoms with E-state index in [0.29, 0.717) is 15.2 Å². The molecular formula is C13H11BrClFN2O2S. The molecule has 0 bridgehead atoms. The zero-order valence-electron chi connectivity index (χ0n) is 10.6. The molecule has 0 aliphatic rings. The van der Waals surface area contributed by atoms with Crippen LogP contribution in [0.2, 0.25) is 5.02 Å². The molecule has 2 aromatic rings. The first-order valence-electron chi connectivity index (χ1n) is 5.80. The first-order chi connectivity index (χ1) is 9.83. The normalized spacial score (nSPS) is 11.4. The highest BCUT2D eigenvalue weighted by Crippen LogP contribution is 2.27. The van der Waals surface area contributed by atoms with Crippen molar-refractivity contribution >= 4 is 43.2 Å². The lowest BCUT2D eigenvalue weighted by Crippen LogP contribution is -2.14. The van der Waals surface area contributed by atoms with E-state index >= 15 is 0 Å². The summed E-state index contributed by atoms with van der Waals surface area (Å²) in [5, 5.41) is 0.372. The third kappa shape index (κ3) is 3.74. The number of hydrogen-bond donors (Lipinski definition) is 2. The van der Waals surface area contributed by atoms with Crippen LogP contribution in [0.5, 0.6) is 0 Å². The Labute approximate surface area is 135 Å². The SMILES string of the molecule is NCc1cc(S(=O)(=O)Nc2ccc(Br)c(Cl)c2)ccc1F. The molecule has 0 aromatic heterocycles. The first-order valence-corrected chi connectivity index (χ1v) is 8.45. The Kier molecular flexibility index (Phi) is 4.88. The number of rotatable bonds is 4. The molecule has 0 heterocycles. The highest BCUT2D eigenvalue weighted by atomic mass is 79.9. The molecule has 0 aliphatic carbocycles. The van der Waals surface area contributed by atoms with Crippen LogP contribution in [0, 0.1) is 5.82 Å². The highest BCUT2D eigenvalue weighted by Gasteiger charge is 2.16. The summed E-state index contributed by atoms with van der Waals surface area (Å²) in [6.45, 7) is -0.0840. The predicted molar refractivity (Wildman–Crippen MR) is 84.3 cm³/mol. The quantitative estimate of drug-likeness (QED) is 0.835. The largest absolute Gasteiger partial charge is 0.326 e. The van der Waals surface area contributed by atoms with Crippen molar-refractivity contribution in [1.29, 1.82) is 0 Å². The predicted octanol–water partition coefficient (Wildman–Crippen LogP) is 3.50. The molecule has 0 unspecified atom stereocenters. The van der Waals surface area contributed by atoms with E-state index in [9.17, 15) is 12.8 Å². The van der Waals surface area contributed by atoms with Crippen molar-refractivity contribution in [2.45, 2.75) is 11.4 Å². The van der Waals surface area contributed by atoms with Gasteiger partial charge in [-0.3, -0.25) is 4.72 Å². The Morgan fingerprint density at radius 2 is 1.95 bits per heavy atom. The topological polar surface area (TPSA) is 72.2 Å². The highest BCUT2D eigenvalue weighted by molar-refractivity contribution is 9.10. The maximum Gasteiger partial charge on any atom is 0.261 e. The maximum atomic E-state index is 13.4. The maximum absolute atomic E-state index is 13.4. The smallest absolute Gasteiger partial charge is 0.261 e. The van der Waals surface area contributed by atoms with Crippen molar-refractivity contribution in [2.24, 2.45) is 5.73 Å². The number of anilines is 1. The Hall–Kier alpha value is -1.15. The first kappa shape index (κ1) is 16.2. The molecule has 2 aromatic carbocycles. The number of sulfonamides is 1. The van der Waals surface area contributed by atoms with Crippen molar-refractivity contribution < 1.29 is 12.8 Å². The van der Waals surface area contributed by atoms with E-state index in [-0.39, 0.29) is 17.0 Å². The molecule has 0 spiro atoms. The third-order valence-corrected chi connectivity index (χ3v) is 5.33. The molecule has 0 amide bonds. The number of hydrogen-bond acceptors (Lipinski definition) is 3. The fraction of sp³-hybridized carbons (Fsp3) is 0.0769. The Balaban J connectivity index is 2.35. The molecule has 2 rings (SSSR count). The van der Waals surface area contributed by atoms with Crippen LogP contribution in [0.15, 0.2) is 45.8 Å². The Morgan fingerprint density at radius 1 is 1.24 bits per heavy atom. The third-order valence-electron chi connectivity index (χ3n) is 2.72. The summed E-state index contributed by atoms with van der Waals surface area (Å²) in [5.74, 6) is -0.539. The zero-order chi connectivity index (χ0) is 15.6. The molecule has 21 heavy (non-hydrogen) atoms. The molecule has 0 saturated carbocycles. The van der Waals surface area contributed by atoms with Gasteiger partial charge in [0.15, 0.2) is 0 Å². The van der Waals surface area contributed by atoms with Gasteiger partial charge in [-0.1, -0.05) is 11.6 Å². The average Bonchev–Trinajstić information content (AvgIpc) is 2.43. The van der Waals surface area contributed by atoms with Gasteiger partial charge in [0.25, 0.3) is 10.0 Å². The Bertz CT molecular complexity index is 784. The van der Waals surface area contributed by atoms with Gasteiger partial charge in [-0.05, 0) is 52.3 Å². The van der Waals surface area contributed by atoms with Gasteiger partial charge in [-0.25, -0.2) is 12.8 Å². The Morgan fingerprint density at radius 3 is 2.57 bits per heavy atom. The van der Waals surface area contributed by atoms with E-state index in [1.165, 1.54) is 18.2 Å². The van der Waals surface area contributed by atoms with E-state index in [1.54, 1.807) is 12.1 Å². The van der Waals surface area contributed by atoms with E-state index in [0.717, 1.165) is 6.07 Å². The van der Waals surface area contributed by atoms with Crippen molar-refractivity contribution in [3.05, 3.63) is 57.3 Å². The van der Waals surface area contributed by atoms with Crippen LogP contribution in [0.25, 0.3) is 0 Å². The van der Waals surface area contributed by atoms with Crippen LogP contribution >= 0.6 is 27.5 Å². The van der Waals surface area contributed by atoms with Gasteiger partial charge in [0.1, 0.15) is 5.82 Å². The van der Waals surface area contributed by atoms with Crippen molar-refractivity contribution in [1.82, 2.24) is 0 Å². The lowest BCUT2D eigenvalue weighted by Gasteiger charge is -2.10. The van der Waals surface area contributed by atoms with E-state index < -0.39 is 15.8 Å². The lowest BCUT2D eigenvalue weighted by atomic mass is 10.2. The summed E-state index contributed by atoms with van der Waals surface area (Å²) in [7, 11) is -3.84. The van der Waals surface area contributed by atoms with Crippen molar-refractivity contribution in [2.75, 3.05) is 4.72 Å². The molecule has 112 valence electrons. The van der Waals surface area contributed by atoms with Crippen LogP contribution in [0.4, 0.5) is 10.1 Å². The molecule has 0 fully saturated rings. The van der Waals surface area contributed by atoms with Gasteiger partial charge in [0.2, 0.25) is 0 Å². The van der Waals surface area contributed by atoms with Gasteiger partial charge < -0.3 is 5.73 Å². The molecule has 0 radical (unpaired) electrons. The summed E-state index contributed by atoms with van der Waals surface area (Å²) in [6, 6.07) is 8.11. The van der Waals surface area contributed by atoms with Crippen LogP contribution in [-0.4, -0.2) is 8.42 Å². The molecule has 0 saturated heterocycles. The van der Waals surface area contributed by atoms with Crippen molar-refractivity contribution in [3.8, 4) is 0 Å². The molecule has 0 atom stereocenters. The number of nitrogens with two attached hydrogens (primary N) is 1. The van der Waals surface area contributed by atoms with E-state index in [1.807, 2.05) is 0 Å². The molecular weight excluding hydrogens is 383 g/mol. The van der Waals surface area contributed by atoms with E-state index in [2.05, 4.69) is 20.7 Å². The molecule has 3 N–H and O–H groups in total. The van der Waals surface area contributed by atoms with Crippen LogP contribution in [0.3, 0.4) is 0 Å². The minimum atomic E-state index is -3.84. The second-order valence-corrected chi connectivity index (χ2v) is 7.14. The molecule has 4 nitrogen and oxygen atoms in total. The summed E-state index contributed by atoms with van der Waals surface area (Å²) in [4.78, 5) is -0.0663. The van der Waals surface area contributed by atoms with Crippen LogP contribution < -0.4 is 10.5 Å². The average molecular weight is 394 g/mol. The van der Waals surface area contributed by atoms with Crippen molar-refractivity contribution in [3.63, 3.8) is 0 Å². The van der Waals surface area contributed by atoms with Gasteiger partial charge >= 0.3 is 0 Å². The monoisotopic (exact) mass is 392 g/mol. The minimum absolute atomic E-state index is 0.0663. The van der Waals surface area contributed by atoms with Crippen LogP contribution in [0.1, 0.15) is 5.56 Å². The summed E-state index contributed by atoms with van der Waals surface area (Å²) < 4.78 is 40.9. The van der Waals surface area contributed by atoms with Gasteiger partial charge in [0, 0.05) is 16.6 Å². The van der Waals surface area contributed by atoms with Gasteiger partial charge in [0.05, 0.1) is 15.6 Å². The van der Waals surface area contributed by atoms with Crippen LogP contribution in [-0.2, 0) is 16.6 Å². The minimum Gasteiger partial charge on any atom is -0.326 e. The standard InChI is InChI=1S/C13H11BrClFN2O2S/c14-11-3-1-9(6-12(11)15)18-21(19,20)10-2-4-13(16)8(5-10)7-17/h1-6,18H,7,17H2. The lowest BCUT2D eigenvalue weighted by molar-refractivity contribution is 0.596. The summed E-state index contributed by atoms with van der Waals surface area (Å²) in [6.07, 6.45) is 0. The summed E-state index contributed by atoms with van der Waals surface area (Å²) >= 11 is 9.13. The van der Waals surface area contributed by atoms with Gasteiger partial charge in [-0.15, -0.1) is 0 Å². The number of benzene rings is 2. The fourth-order valence-electron chi connectivity index (χ4n) is 1.65. The fourth-order valence-corrected chi connectivity index (χ4v) is 3.18. The number of halogens is 3. The second-order valence-electron chi connectivity index (χ2n) is 4.19. The van der Waals surface area contributed by atoms with Gasteiger partial charge in [-0.2, -0.15) is 0 Å². The zero-order valence-corrected chi connectivity index (χ0v) is 13.8. The van der Waals surface area contributed by atoms with E-state index in [4.69, 9.17) is 17.3 Å². The summed E-state index contributed by atoms with van der Waals surface area (Å²) in [5.41, 5.74) is 5.81.